The molecule has 0 N–H and O–H groups in total. The minimum atomic E-state index is 0.647. The van der Waals surface area contributed by atoms with Crippen LogP contribution in [-0.4, -0.2) is 0 Å². The molecule has 0 aromatic carbocycles. The Kier molecular flexibility index (Phi) is 3.57. The molecule has 0 heterocycles. The van der Waals surface area contributed by atoms with Gasteiger partial charge in [0.1, 0.15) is 0 Å². The zero-order chi connectivity index (χ0) is 9.84. The minimum absolute atomic E-state index is 0.647. The van der Waals surface area contributed by atoms with E-state index in [1.807, 2.05) is 0 Å². The largest absolute Gasteiger partial charge is 0.133 e. The summed E-state index contributed by atoms with van der Waals surface area (Å²) in [5.41, 5.74) is 2.93. The second kappa shape index (κ2) is 4.48. The van der Waals surface area contributed by atoms with E-state index in [0.717, 1.165) is 5.92 Å². The van der Waals surface area contributed by atoms with Crippen molar-refractivity contribution in [2.45, 2.75) is 26.7 Å². The van der Waals surface area contributed by atoms with E-state index in [2.05, 4.69) is 44.9 Å². The molecule has 1 rings (SSSR count). The molecular weight excluding hydrogens is 156 g/mol. The fraction of sp³-hybridized carbons (Fsp3) is 0.615. The lowest BCUT2D eigenvalue weighted by Gasteiger charge is -2.37. The minimum Gasteiger partial charge on any atom is -0.133 e. The van der Waals surface area contributed by atoms with E-state index < -0.39 is 0 Å². The molecule has 1 aliphatic carbocycles. The molecule has 0 radical (unpaired) electrons. The van der Waals surface area contributed by atoms with Crippen molar-refractivity contribution in [3.05, 3.63) is 31.0 Å². The maximum absolute atomic E-state index is 3.90. The molecule has 72 valence electrons. The molecule has 0 saturated heterocycles. The highest BCUT2D eigenvalue weighted by atomic mass is 14.4. The maximum atomic E-state index is 3.90. The average molecular weight is 176 g/mol. The zero-order valence-electron chi connectivity index (χ0n) is 8.79. The van der Waals surface area contributed by atoms with Gasteiger partial charge in [-0.05, 0) is 42.6 Å². The van der Waals surface area contributed by atoms with E-state index in [4.69, 9.17) is 0 Å². The average Bonchev–Trinajstić information content (AvgIpc) is 2.12. The summed E-state index contributed by atoms with van der Waals surface area (Å²) in [7, 11) is 0. The van der Waals surface area contributed by atoms with E-state index in [1.54, 1.807) is 0 Å². The Morgan fingerprint density at radius 2 is 2.00 bits per heavy atom. The van der Waals surface area contributed by atoms with Crippen molar-refractivity contribution in [1.29, 1.82) is 0 Å². The molecule has 0 aliphatic heterocycles. The van der Waals surface area contributed by atoms with Gasteiger partial charge in [-0.2, -0.15) is 0 Å². The molecule has 13 heavy (non-hydrogen) atoms. The molecule has 4 atom stereocenters. The lowest BCUT2D eigenvalue weighted by molar-refractivity contribution is 0.177. The molecule has 0 spiro atoms. The highest BCUT2D eigenvalue weighted by molar-refractivity contribution is 4.99. The van der Waals surface area contributed by atoms with Gasteiger partial charge in [-0.3, -0.25) is 0 Å². The van der Waals surface area contributed by atoms with Crippen LogP contribution in [0.15, 0.2) is 31.0 Å². The van der Waals surface area contributed by atoms with Crippen molar-refractivity contribution in [3.8, 4) is 0 Å². The molecule has 4 unspecified atom stereocenters. The Hall–Kier alpha value is -0.740. The van der Waals surface area contributed by atoms with Crippen molar-refractivity contribution in [2.75, 3.05) is 0 Å². The lowest BCUT2D eigenvalue weighted by atomic mass is 9.68. The predicted molar refractivity (Wildman–Crippen MR) is 58.4 cm³/mol. The first-order valence-electron chi connectivity index (χ1n) is 5.19. The normalized spacial score (nSPS) is 39.2. The van der Waals surface area contributed by atoms with Crippen LogP contribution in [0.25, 0.3) is 0 Å². The number of allylic oxidation sites excluding steroid dienone is 2. The van der Waals surface area contributed by atoms with Crippen LogP contribution in [0.4, 0.5) is 0 Å². The van der Waals surface area contributed by atoms with Gasteiger partial charge in [0.05, 0.1) is 0 Å². The van der Waals surface area contributed by atoms with E-state index in [0.29, 0.717) is 17.8 Å². The molecule has 1 aliphatic rings. The third-order valence-corrected chi connectivity index (χ3v) is 3.51. The number of rotatable bonds is 2. The first kappa shape index (κ1) is 10.3. The summed E-state index contributed by atoms with van der Waals surface area (Å²) in [5.74, 6) is 2.82. The smallest absolute Gasteiger partial charge is 0.0101 e. The Balaban J connectivity index is 2.76. The van der Waals surface area contributed by atoms with E-state index in [1.165, 1.54) is 12.8 Å². The number of hydrogen-bond acceptors (Lipinski definition) is 0. The summed E-state index contributed by atoms with van der Waals surface area (Å²) in [6, 6.07) is 0. The van der Waals surface area contributed by atoms with Gasteiger partial charge in [0.25, 0.3) is 0 Å². The van der Waals surface area contributed by atoms with Gasteiger partial charge in [0.15, 0.2) is 0 Å². The van der Waals surface area contributed by atoms with Crippen LogP contribution in [0.2, 0.25) is 0 Å². The quantitative estimate of drug-likeness (QED) is 0.443. The Labute approximate surface area is 82.0 Å². The summed E-state index contributed by atoms with van der Waals surface area (Å²) in [4.78, 5) is 0. The van der Waals surface area contributed by atoms with Crippen LogP contribution < -0.4 is 0 Å². The first-order valence-corrected chi connectivity index (χ1v) is 5.19. The fourth-order valence-electron chi connectivity index (χ4n) is 2.50. The first-order chi connectivity index (χ1) is 6.20. The monoisotopic (exact) mass is 176 g/mol. The van der Waals surface area contributed by atoms with Crippen molar-refractivity contribution < 1.29 is 0 Å². The van der Waals surface area contributed by atoms with E-state index in [9.17, 15) is 0 Å². The van der Waals surface area contributed by atoms with Gasteiger partial charge >= 0.3 is 0 Å². The summed E-state index contributed by atoms with van der Waals surface area (Å²) < 4.78 is 0. The van der Waals surface area contributed by atoms with Gasteiger partial charge in [0, 0.05) is 0 Å². The molecule has 1 saturated carbocycles. The second-order valence-corrected chi connectivity index (χ2v) is 4.26. The standard InChI is InChI=1S/C13H20/c1-5-7-13-10(3)8-9-12(6-2)11(13)4/h6-7,10-13H,1-2,8-9H2,3-4H3. The summed E-state index contributed by atoms with van der Waals surface area (Å²) in [6.45, 7) is 12.2. The van der Waals surface area contributed by atoms with Crippen LogP contribution >= 0.6 is 0 Å². The van der Waals surface area contributed by atoms with Gasteiger partial charge in [-0.15, -0.1) is 12.3 Å². The molecule has 1 fully saturated rings. The highest BCUT2D eigenvalue weighted by Crippen LogP contribution is 2.39. The van der Waals surface area contributed by atoms with Crippen molar-refractivity contribution >= 4 is 0 Å². The van der Waals surface area contributed by atoms with Gasteiger partial charge < -0.3 is 0 Å². The van der Waals surface area contributed by atoms with Gasteiger partial charge in [-0.25, -0.2) is 0 Å². The van der Waals surface area contributed by atoms with Crippen LogP contribution in [0, 0.1) is 23.7 Å². The van der Waals surface area contributed by atoms with Crippen LogP contribution in [0.3, 0.4) is 0 Å². The molecule has 0 aromatic heterocycles. The maximum Gasteiger partial charge on any atom is -0.0101 e. The Bertz CT molecular complexity index is 220. The molecule has 0 bridgehead atoms. The fourth-order valence-corrected chi connectivity index (χ4v) is 2.50. The Morgan fingerprint density at radius 1 is 1.31 bits per heavy atom. The highest BCUT2D eigenvalue weighted by Gasteiger charge is 2.31. The number of hydrogen-bond donors (Lipinski definition) is 0. The Morgan fingerprint density at radius 3 is 2.54 bits per heavy atom. The summed E-state index contributed by atoms with van der Waals surface area (Å²) >= 11 is 0. The molecule has 0 aromatic rings. The molecule has 0 heteroatoms. The summed E-state index contributed by atoms with van der Waals surface area (Å²) in [5, 5.41) is 0. The van der Waals surface area contributed by atoms with Crippen molar-refractivity contribution in [1.82, 2.24) is 0 Å². The predicted octanol–water partition coefficient (Wildman–Crippen LogP) is 3.81. The van der Waals surface area contributed by atoms with Crippen LogP contribution in [-0.2, 0) is 0 Å². The van der Waals surface area contributed by atoms with Crippen LogP contribution in [0.1, 0.15) is 26.7 Å². The zero-order valence-corrected chi connectivity index (χ0v) is 8.79. The summed E-state index contributed by atoms with van der Waals surface area (Å²) in [6.07, 6.45) is 6.86. The van der Waals surface area contributed by atoms with E-state index >= 15 is 0 Å². The van der Waals surface area contributed by atoms with Crippen molar-refractivity contribution in [2.24, 2.45) is 23.7 Å². The topological polar surface area (TPSA) is 0 Å². The third kappa shape index (κ3) is 2.14. The third-order valence-electron chi connectivity index (χ3n) is 3.51. The molecule has 0 amide bonds. The SMILES string of the molecule is C=C=CC1C(C)CCC(C=C)C1C. The second-order valence-electron chi connectivity index (χ2n) is 4.26. The molecule has 0 nitrogen and oxygen atoms in total. The van der Waals surface area contributed by atoms with Gasteiger partial charge in [-0.1, -0.05) is 26.5 Å². The van der Waals surface area contributed by atoms with Gasteiger partial charge in [0.2, 0.25) is 0 Å². The van der Waals surface area contributed by atoms with E-state index in [-0.39, 0.29) is 0 Å². The van der Waals surface area contributed by atoms with Crippen LogP contribution in [0.5, 0.6) is 0 Å². The molecular formula is C13H20. The lowest BCUT2D eigenvalue weighted by Crippen LogP contribution is -2.29. The van der Waals surface area contributed by atoms with Crippen molar-refractivity contribution in [3.63, 3.8) is 0 Å².